The van der Waals surface area contributed by atoms with E-state index in [-0.39, 0.29) is 0 Å². The number of aromatic nitrogens is 2. The number of aromatic amines is 1. The SMILES string of the molecule is C1=Cc2ccccc2NN=C1c1ncc[nH]1. The molecule has 2 N–H and O–H groups in total. The Morgan fingerprint density at radius 3 is 2.88 bits per heavy atom. The molecule has 0 radical (unpaired) electrons. The summed E-state index contributed by atoms with van der Waals surface area (Å²) >= 11 is 0. The summed E-state index contributed by atoms with van der Waals surface area (Å²) in [7, 11) is 0. The van der Waals surface area contributed by atoms with Crippen LogP contribution in [0.25, 0.3) is 6.08 Å². The molecule has 0 spiro atoms. The van der Waals surface area contributed by atoms with Gasteiger partial charge in [-0.2, -0.15) is 5.10 Å². The third kappa shape index (κ3) is 1.50. The van der Waals surface area contributed by atoms with Crippen molar-refractivity contribution in [3.05, 3.63) is 54.1 Å². The van der Waals surface area contributed by atoms with E-state index in [0.29, 0.717) is 0 Å². The van der Waals surface area contributed by atoms with Gasteiger partial charge in [0.25, 0.3) is 0 Å². The zero-order chi connectivity index (χ0) is 10.8. The van der Waals surface area contributed by atoms with Crippen LogP contribution in [0.4, 0.5) is 5.69 Å². The van der Waals surface area contributed by atoms with E-state index in [1.807, 2.05) is 36.4 Å². The number of imidazole rings is 1. The molecule has 0 aliphatic carbocycles. The van der Waals surface area contributed by atoms with Gasteiger partial charge in [-0.3, -0.25) is 5.43 Å². The highest BCUT2D eigenvalue weighted by molar-refractivity contribution is 6.09. The lowest BCUT2D eigenvalue weighted by Gasteiger charge is -2.01. The molecule has 1 aromatic heterocycles. The first-order valence-electron chi connectivity index (χ1n) is 5.04. The second-order valence-corrected chi connectivity index (χ2v) is 3.47. The lowest BCUT2D eigenvalue weighted by molar-refractivity contribution is 1.24. The molecular formula is C12H10N4. The van der Waals surface area contributed by atoms with Crippen molar-refractivity contribution in [2.24, 2.45) is 5.10 Å². The second-order valence-electron chi connectivity index (χ2n) is 3.47. The van der Waals surface area contributed by atoms with Crippen LogP contribution < -0.4 is 5.43 Å². The van der Waals surface area contributed by atoms with Crippen LogP contribution in [0, 0.1) is 0 Å². The third-order valence-electron chi connectivity index (χ3n) is 2.42. The summed E-state index contributed by atoms with van der Waals surface area (Å²) in [4.78, 5) is 7.20. The van der Waals surface area contributed by atoms with Crippen molar-refractivity contribution >= 4 is 17.5 Å². The van der Waals surface area contributed by atoms with Gasteiger partial charge < -0.3 is 4.98 Å². The number of fused-ring (bicyclic) bond motifs is 1. The molecule has 78 valence electrons. The molecule has 0 atom stereocenters. The summed E-state index contributed by atoms with van der Waals surface area (Å²) in [6.45, 7) is 0. The average Bonchev–Trinajstić information content (AvgIpc) is 2.76. The third-order valence-corrected chi connectivity index (χ3v) is 2.42. The minimum absolute atomic E-state index is 0.761. The smallest absolute Gasteiger partial charge is 0.157 e. The highest BCUT2D eigenvalue weighted by Crippen LogP contribution is 2.19. The van der Waals surface area contributed by atoms with E-state index in [9.17, 15) is 0 Å². The first-order valence-corrected chi connectivity index (χ1v) is 5.04. The monoisotopic (exact) mass is 210 g/mol. The summed E-state index contributed by atoms with van der Waals surface area (Å²) in [5.74, 6) is 0.761. The summed E-state index contributed by atoms with van der Waals surface area (Å²) in [5.41, 5.74) is 5.94. The number of para-hydroxylation sites is 1. The molecule has 0 fully saturated rings. The number of nitrogens with one attached hydrogen (secondary N) is 2. The van der Waals surface area contributed by atoms with E-state index < -0.39 is 0 Å². The summed E-state index contributed by atoms with van der Waals surface area (Å²) in [6, 6.07) is 8.02. The highest BCUT2D eigenvalue weighted by atomic mass is 15.3. The predicted octanol–water partition coefficient (Wildman–Crippen LogP) is 2.25. The van der Waals surface area contributed by atoms with Gasteiger partial charge in [-0.15, -0.1) is 0 Å². The fourth-order valence-corrected chi connectivity index (χ4v) is 1.61. The fourth-order valence-electron chi connectivity index (χ4n) is 1.61. The summed E-state index contributed by atoms with van der Waals surface area (Å²) in [6.07, 6.45) is 7.46. The van der Waals surface area contributed by atoms with E-state index in [1.54, 1.807) is 12.4 Å². The number of hydrogen-bond donors (Lipinski definition) is 2. The minimum Gasteiger partial charge on any atom is -0.343 e. The fraction of sp³-hybridized carbons (Fsp3) is 0. The Balaban J connectivity index is 2.01. The van der Waals surface area contributed by atoms with Crippen molar-refractivity contribution in [3.8, 4) is 0 Å². The lowest BCUT2D eigenvalue weighted by atomic mass is 10.1. The normalized spacial score (nSPS) is 13.6. The van der Waals surface area contributed by atoms with Crippen LogP contribution in [0.2, 0.25) is 0 Å². The standard InChI is InChI=1S/C12H10N4/c1-2-4-10-9(3-1)5-6-11(16-15-10)12-13-7-8-14-12/h1-8,15H,(H,13,14). The van der Waals surface area contributed by atoms with Gasteiger partial charge >= 0.3 is 0 Å². The molecule has 0 saturated heterocycles. The van der Waals surface area contributed by atoms with Crippen molar-refractivity contribution in [3.63, 3.8) is 0 Å². The number of hydrazone groups is 1. The molecule has 16 heavy (non-hydrogen) atoms. The molecule has 4 nitrogen and oxygen atoms in total. The van der Waals surface area contributed by atoms with E-state index >= 15 is 0 Å². The lowest BCUT2D eigenvalue weighted by Crippen LogP contribution is -2.01. The van der Waals surface area contributed by atoms with Crippen molar-refractivity contribution < 1.29 is 0 Å². The quantitative estimate of drug-likeness (QED) is 0.758. The Morgan fingerprint density at radius 2 is 2.00 bits per heavy atom. The van der Waals surface area contributed by atoms with Gasteiger partial charge in [0.15, 0.2) is 5.82 Å². The van der Waals surface area contributed by atoms with Crippen LogP contribution in [0.1, 0.15) is 11.4 Å². The van der Waals surface area contributed by atoms with Crippen molar-refractivity contribution in [2.45, 2.75) is 0 Å². The number of anilines is 1. The van der Waals surface area contributed by atoms with E-state index in [0.717, 1.165) is 22.8 Å². The zero-order valence-corrected chi connectivity index (χ0v) is 8.51. The maximum Gasteiger partial charge on any atom is 0.157 e. The molecule has 0 saturated carbocycles. The first-order chi connectivity index (χ1) is 7.93. The van der Waals surface area contributed by atoms with E-state index in [1.165, 1.54) is 0 Å². The van der Waals surface area contributed by atoms with Crippen LogP contribution in [0.3, 0.4) is 0 Å². The number of allylic oxidation sites excluding steroid dienone is 1. The molecule has 2 aromatic rings. The van der Waals surface area contributed by atoms with Gasteiger partial charge in [0.2, 0.25) is 0 Å². The molecule has 1 aromatic carbocycles. The Kier molecular flexibility index (Phi) is 2.04. The van der Waals surface area contributed by atoms with Crippen LogP contribution >= 0.6 is 0 Å². The molecule has 0 amide bonds. The van der Waals surface area contributed by atoms with E-state index in [2.05, 4.69) is 20.5 Å². The van der Waals surface area contributed by atoms with Gasteiger partial charge in [0.05, 0.1) is 5.69 Å². The molecule has 0 bridgehead atoms. The average molecular weight is 210 g/mol. The van der Waals surface area contributed by atoms with Gasteiger partial charge in [-0.05, 0) is 17.7 Å². The van der Waals surface area contributed by atoms with Crippen LogP contribution in [0.15, 0.2) is 47.8 Å². The number of benzene rings is 1. The number of H-pyrrole nitrogens is 1. The molecule has 4 heteroatoms. The topological polar surface area (TPSA) is 53.1 Å². The molecule has 3 rings (SSSR count). The predicted molar refractivity (Wildman–Crippen MR) is 64.2 cm³/mol. The molecular weight excluding hydrogens is 200 g/mol. The maximum absolute atomic E-state index is 4.29. The molecule has 2 heterocycles. The molecule has 0 unspecified atom stereocenters. The maximum atomic E-state index is 4.29. The number of rotatable bonds is 1. The Bertz CT molecular complexity index is 552. The zero-order valence-electron chi connectivity index (χ0n) is 8.51. The van der Waals surface area contributed by atoms with Crippen molar-refractivity contribution in [1.82, 2.24) is 9.97 Å². The Labute approximate surface area is 92.7 Å². The molecule has 1 aliphatic rings. The van der Waals surface area contributed by atoms with Crippen molar-refractivity contribution in [1.29, 1.82) is 0 Å². The number of nitrogens with zero attached hydrogens (tertiary/aromatic N) is 2. The second kappa shape index (κ2) is 3.66. The van der Waals surface area contributed by atoms with Gasteiger partial charge in [-0.1, -0.05) is 24.3 Å². The van der Waals surface area contributed by atoms with Crippen LogP contribution in [-0.2, 0) is 0 Å². The summed E-state index contributed by atoms with van der Waals surface area (Å²) < 4.78 is 0. The van der Waals surface area contributed by atoms with Crippen LogP contribution in [0.5, 0.6) is 0 Å². The largest absolute Gasteiger partial charge is 0.343 e. The highest BCUT2D eigenvalue weighted by Gasteiger charge is 2.07. The number of hydrogen-bond acceptors (Lipinski definition) is 3. The minimum atomic E-state index is 0.761. The summed E-state index contributed by atoms with van der Waals surface area (Å²) in [5, 5.41) is 4.29. The van der Waals surface area contributed by atoms with Gasteiger partial charge in [0, 0.05) is 12.4 Å². The Hall–Kier alpha value is -2.36. The first kappa shape index (κ1) is 8.91. The van der Waals surface area contributed by atoms with E-state index in [4.69, 9.17) is 0 Å². The van der Waals surface area contributed by atoms with Crippen LogP contribution in [-0.4, -0.2) is 15.7 Å². The molecule has 1 aliphatic heterocycles. The van der Waals surface area contributed by atoms with Gasteiger partial charge in [0.1, 0.15) is 5.71 Å². The Morgan fingerprint density at radius 1 is 1.06 bits per heavy atom. The van der Waals surface area contributed by atoms with Crippen molar-refractivity contribution in [2.75, 3.05) is 5.43 Å². The van der Waals surface area contributed by atoms with Gasteiger partial charge in [-0.25, -0.2) is 4.98 Å².